The molecule has 3 rings (SSSR count). The van der Waals surface area contributed by atoms with Gasteiger partial charge in [-0.25, -0.2) is 4.68 Å². The molecule has 3 aromatic rings. The molecule has 0 aliphatic heterocycles. The highest BCUT2D eigenvalue weighted by Gasteiger charge is 2.19. The monoisotopic (exact) mass is 456 g/mol. The molecule has 0 unspecified atom stereocenters. The average molecular weight is 457 g/mol. The number of hydrogen-bond acceptors (Lipinski definition) is 3. The second-order valence-electron chi connectivity index (χ2n) is 7.36. The molecule has 0 fully saturated rings. The van der Waals surface area contributed by atoms with E-state index in [9.17, 15) is 4.79 Å². The van der Waals surface area contributed by atoms with Crippen LogP contribution in [0.4, 0.5) is 5.69 Å². The van der Waals surface area contributed by atoms with Gasteiger partial charge in [-0.2, -0.15) is 0 Å². The molecule has 0 spiro atoms. The van der Waals surface area contributed by atoms with Crippen LogP contribution >= 0.6 is 15.9 Å². The van der Waals surface area contributed by atoms with Gasteiger partial charge in [-0.15, -0.1) is 0 Å². The van der Waals surface area contributed by atoms with Crippen molar-refractivity contribution in [1.29, 1.82) is 0 Å². The Morgan fingerprint density at radius 3 is 2.28 bits per heavy atom. The third-order valence-corrected chi connectivity index (χ3v) is 6.17. The van der Waals surface area contributed by atoms with Crippen LogP contribution in [-0.4, -0.2) is 40.9 Å². The molecular formula is C23H29BrN4O. The summed E-state index contributed by atoms with van der Waals surface area (Å²) in [5.74, 6) is 0. The third kappa shape index (κ3) is 4.82. The lowest BCUT2D eigenvalue weighted by Gasteiger charge is -2.26. The molecule has 29 heavy (non-hydrogen) atoms. The second kappa shape index (κ2) is 9.46. The first-order valence-electron chi connectivity index (χ1n) is 9.94. The van der Waals surface area contributed by atoms with E-state index in [1.165, 1.54) is 11.3 Å². The fourth-order valence-electron chi connectivity index (χ4n) is 3.43. The number of aryl methyl sites for hydroxylation is 1. The predicted octanol–water partition coefficient (Wildman–Crippen LogP) is 4.21. The first-order valence-corrected chi connectivity index (χ1v) is 10.7. The first-order chi connectivity index (χ1) is 13.9. The zero-order chi connectivity index (χ0) is 21.0. The Morgan fingerprint density at radius 2 is 1.66 bits per heavy atom. The summed E-state index contributed by atoms with van der Waals surface area (Å²) < 4.78 is 4.30. The Morgan fingerprint density at radius 1 is 1.00 bits per heavy atom. The van der Waals surface area contributed by atoms with Crippen molar-refractivity contribution in [3.8, 4) is 5.69 Å². The Kier molecular flexibility index (Phi) is 6.98. The van der Waals surface area contributed by atoms with E-state index in [2.05, 4.69) is 70.9 Å². The molecule has 0 amide bonds. The average Bonchev–Trinajstić information content (AvgIpc) is 2.94. The Bertz CT molecular complexity index is 992. The van der Waals surface area contributed by atoms with Gasteiger partial charge in [0.2, 0.25) is 0 Å². The molecule has 0 atom stereocenters. The first kappa shape index (κ1) is 21.4. The number of aromatic nitrogens is 2. The van der Waals surface area contributed by atoms with Crippen LogP contribution < -0.4 is 10.5 Å². The van der Waals surface area contributed by atoms with E-state index in [1.54, 1.807) is 4.68 Å². The van der Waals surface area contributed by atoms with Crippen LogP contribution in [0.5, 0.6) is 0 Å². The van der Waals surface area contributed by atoms with Gasteiger partial charge in [0.15, 0.2) is 0 Å². The molecule has 0 radical (unpaired) electrons. The summed E-state index contributed by atoms with van der Waals surface area (Å²) in [6, 6.07) is 18.3. The fraction of sp³-hybridized carbons (Fsp3) is 0.348. The highest BCUT2D eigenvalue weighted by molar-refractivity contribution is 9.10. The number of rotatable bonds is 8. The van der Waals surface area contributed by atoms with E-state index in [0.29, 0.717) is 11.0 Å². The van der Waals surface area contributed by atoms with Crippen LogP contribution in [0.1, 0.15) is 18.2 Å². The minimum atomic E-state index is -0.0264. The Hall–Kier alpha value is -2.31. The lowest BCUT2D eigenvalue weighted by molar-refractivity contribution is 0.277. The van der Waals surface area contributed by atoms with E-state index in [-0.39, 0.29) is 5.56 Å². The number of likely N-dealkylation sites (N-methyl/N-ethyl adjacent to an activating group) is 2. The van der Waals surface area contributed by atoms with Crippen molar-refractivity contribution in [2.45, 2.75) is 20.4 Å². The highest BCUT2D eigenvalue weighted by atomic mass is 79.9. The number of hydrogen-bond donors (Lipinski definition) is 0. The van der Waals surface area contributed by atoms with Crippen molar-refractivity contribution in [1.82, 2.24) is 14.3 Å². The van der Waals surface area contributed by atoms with Gasteiger partial charge in [-0.3, -0.25) is 14.4 Å². The molecule has 0 aliphatic carbocycles. The molecule has 154 valence electrons. The van der Waals surface area contributed by atoms with Crippen LogP contribution in [0.2, 0.25) is 0 Å². The minimum Gasteiger partial charge on any atom is -0.373 e. The summed E-state index contributed by atoms with van der Waals surface area (Å²) in [7, 11) is 4.07. The maximum absolute atomic E-state index is 12.8. The predicted molar refractivity (Wildman–Crippen MR) is 124 cm³/mol. The maximum Gasteiger partial charge on any atom is 0.286 e. The van der Waals surface area contributed by atoms with Crippen molar-refractivity contribution < 1.29 is 0 Å². The quantitative estimate of drug-likeness (QED) is 0.508. The molecule has 1 aromatic heterocycles. The number of anilines is 1. The summed E-state index contributed by atoms with van der Waals surface area (Å²) in [5.41, 5.74) is 4.32. The van der Waals surface area contributed by atoms with Crippen LogP contribution in [-0.2, 0) is 13.6 Å². The lowest BCUT2D eigenvalue weighted by atomic mass is 10.2. The van der Waals surface area contributed by atoms with Gasteiger partial charge in [-0.1, -0.05) is 42.8 Å². The van der Waals surface area contributed by atoms with Gasteiger partial charge in [-0.05, 0) is 53.7 Å². The van der Waals surface area contributed by atoms with Crippen LogP contribution in [0, 0.1) is 6.92 Å². The molecule has 2 aromatic carbocycles. The third-order valence-electron chi connectivity index (χ3n) is 5.37. The number of para-hydroxylation sites is 1. The summed E-state index contributed by atoms with van der Waals surface area (Å²) in [6.07, 6.45) is 0. The van der Waals surface area contributed by atoms with Gasteiger partial charge < -0.3 is 4.90 Å². The Balaban J connectivity index is 1.74. The van der Waals surface area contributed by atoms with Crippen LogP contribution in [0.15, 0.2) is 63.9 Å². The summed E-state index contributed by atoms with van der Waals surface area (Å²) in [4.78, 5) is 17.5. The zero-order valence-corrected chi connectivity index (χ0v) is 19.2. The van der Waals surface area contributed by atoms with Crippen molar-refractivity contribution in [2.24, 2.45) is 7.05 Å². The molecule has 1 heterocycles. The van der Waals surface area contributed by atoms with E-state index in [1.807, 2.05) is 42.1 Å². The van der Waals surface area contributed by atoms with Crippen molar-refractivity contribution in [3.63, 3.8) is 0 Å². The number of nitrogens with zero attached hydrogens (tertiary/aromatic N) is 4. The zero-order valence-electron chi connectivity index (χ0n) is 17.6. The van der Waals surface area contributed by atoms with E-state index < -0.39 is 0 Å². The van der Waals surface area contributed by atoms with Crippen LogP contribution in [0.3, 0.4) is 0 Å². The topological polar surface area (TPSA) is 33.4 Å². The van der Waals surface area contributed by atoms with Crippen LogP contribution in [0.25, 0.3) is 5.69 Å². The number of benzene rings is 2. The second-order valence-corrected chi connectivity index (χ2v) is 8.16. The van der Waals surface area contributed by atoms with Gasteiger partial charge in [0.05, 0.1) is 11.4 Å². The van der Waals surface area contributed by atoms with Gasteiger partial charge in [0, 0.05) is 39.4 Å². The largest absolute Gasteiger partial charge is 0.373 e. The van der Waals surface area contributed by atoms with E-state index in [0.717, 1.165) is 31.0 Å². The molecule has 0 bridgehead atoms. The van der Waals surface area contributed by atoms with Crippen molar-refractivity contribution in [3.05, 3.63) is 80.7 Å². The molecule has 0 aliphatic rings. The maximum atomic E-state index is 12.8. The molecule has 5 nitrogen and oxygen atoms in total. The standard InChI is InChI=1S/C23H29BrN4O/c1-5-27(16-15-25(3)19-13-11-18(2)12-14-19)17-21-22(24)23(29)28(26(21)4)20-9-7-6-8-10-20/h6-14H,5,15-17H2,1-4H3. The summed E-state index contributed by atoms with van der Waals surface area (Å²) >= 11 is 3.54. The number of halogens is 1. The molecule has 0 saturated carbocycles. The molecular weight excluding hydrogens is 428 g/mol. The summed E-state index contributed by atoms with van der Waals surface area (Å²) in [5, 5.41) is 0. The van der Waals surface area contributed by atoms with Crippen molar-refractivity contribution >= 4 is 21.6 Å². The highest BCUT2D eigenvalue weighted by Crippen LogP contribution is 2.18. The van der Waals surface area contributed by atoms with Gasteiger partial charge >= 0.3 is 0 Å². The molecule has 0 saturated heterocycles. The van der Waals surface area contributed by atoms with E-state index in [4.69, 9.17) is 0 Å². The van der Waals surface area contributed by atoms with Gasteiger partial charge in [0.25, 0.3) is 5.56 Å². The molecule has 0 N–H and O–H groups in total. The lowest BCUT2D eigenvalue weighted by Crippen LogP contribution is -2.33. The molecule has 6 heteroatoms. The SMILES string of the molecule is CCN(CCN(C)c1ccc(C)cc1)Cc1c(Br)c(=O)n(-c2ccccc2)n1C. The summed E-state index contributed by atoms with van der Waals surface area (Å²) in [6.45, 7) is 7.72. The Labute approximate surface area is 181 Å². The fourth-order valence-corrected chi connectivity index (χ4v) is 3.98. The smallest absolute Gasteiger partial charge is 0.286 e. The van der Waals surface area contributed by atoms with Crippen molar-refractivity contribution in [2.75, 3.05) is 31.6 Å². The van der Waals surface area contributed by atoms with E-state index >= 15 is 0 Å². The normalized spacial score (nSPS) is 11.2. The minimum absolute atomic E-state index is 0.0264. The van der Waals surface area contributed by atoms with Gasteiger partial charge in [0.1, 0.15) is 4.47 Å².